The van der Waals surface area contributed by atoms with E-state index in [1.54, 1.807) is 25.4 Å². The third kappa shape index (κ3) is 4.42. The molecule has 0 aliphatic heterocycles. The molecule has 26 heavy (non-hydrogen) atoms. The first kappa shape index (κ1) is 18.8. The molecule has 2 aromatic heterocycles. The number of carbonyl (C=O) groups is 2. The largest absolute Gasteiger partial charge is 0.462 e. The van der Waals surface area contributed by atoms with E-state index in [4.69, 9.17) is 4.74 Å². The zero-order valence-electron chi connectivity index (χ0n) is 14.8. The third-order valence-corrected chi connectivity index (χ3v) is 6.16. The second-order valence-electron chi connectivity index (χ2n) is 6.14. The van der Waals surface area contributed by atoms with E-state index in [9.17, 15) is 9.59 Å². The standard InChI is InChI=1S/C18H21N3O3S2/c1-3-24-17(23)15-12-6-5-11(2)9-13(12)26-16(15)21-14(22)10-25-18-19-7-4-8-20-18/h4,7-8,11H,3,5-6,9-10H2,1-2H3,(H,21,22). The van der Waals surface area contributed by atoms with Gasteiger partial charge in [0.05, 0.1) is 17.9 Å². The van der Waals surface area contributed by atoms with Crippen LogP contribution in [0.4, 0.5) is 5.00 Å². The molecule has 1 aliphatic rings. The Balaban J connectivity index is 1.75. The van der Waals surface area contributed by atoms with Gasteiger partial charge in [-0.25, -0.2) is 14.8 Å². The number of rotatable bonds is 6. The fourth-order valence-electron chi connectivity index (χ4n) is 2.91. The molecular formula is C18H21N3O3S2. The van der Waals surface area contributed by atoms with Crippen LogP contribution in [0.1, 0.15) is 41.1 Å². The van der Waals surface area contributed by atoms with Crippen molar-refractivity contribution in [2.24, 2.45) is 5.92 Å². The van der Waals surface area contributed by atoms with Crippen LogP contribution >= 0.6 is 23.1 Å². The topological polar surface area (TPSA) is 81.2 Å². The number of hydrogen-bond acceptors (Lipinski definition) is 7. The Morgan fingerprint density at radius 2 is 2.15 bits per heavy atom. The smallest absolute Gasteiger partial charge is 0.341 e. The number of amides is 1. The Hall–Kier alpha value is -1.93. The van der Waals surface area contributed by atoms with Crippen LogP contribution < -0.4 is 5.32 Å². The molecule has 0 spiro atoms. The van der Waals surface area contributed by atoms with Crippen molar-refractivity contribution < 1.29 is 14.3 Å². The van der Waals surface area contributed by atoms with Crippen molar-refractivity contribution in [1.29, 1.82) is 0 Å². The second kappa shape index (κ2) is 8.64. The molecule has 138 valence electrons. The summed E-state index contributed by atoms with van der Waals surface area (Å²) >= 11 is 2.76. The maximum absolute atomic E-state index is 12.4. The summed E-state index contributed by atoms with van der Waals surface area (Å²) in [4.78, 5) is 34.2. The van der Waals surface area contributed by atoms with Crippen LogP contribution in [0, 0.1) is 5.92 Å². The van der Waals surface area contributed by atoms with Gasteiger partial charge in [0, 0.05) is 17.3 Å². The first-order valence-electron chi connectivity index (χ1n) is 8.59. The number of thioether (sulfide) groups is 1. The van der Waals surface area contributed by atoms with E-state index >= 15 is 0 Å². The molecule has 1 amide bonds. The first-order chi connectivity index (χ1) is 12.6. The van der Waals surface area contributed by atoms with E-state index in [0.29, 0.717) is 28.2 Å². The summed E-state index contributed by atoms with van der Waals surface area (Å²) in [5.41, 5.74) is 1.58. The minimum atomic E-state index is -0.353. The summed E-state index contributed by atoms with van der Waals surface area (Å²) < 4.78 is 5.22. The van der Waals surface area contributed by atoms with Crippen molar-refractivity contribution >= 4 is 40.0 Å². The number of thiophene rings is 1. The highest BCUT2D eigenvalue weighted by atomic mass is 32.2. The average molecular weight is 392 g/mol. The number of nitrogens with one attached hydrogen (secondary N) is 1. The lowest BCUT2D eigenvalue weighted by Gasteiger charge is -2.18. The summed E-state index contributed by atoms with van der Waals surface area (Å²) in [6.45, 7) is 4.31. The van der Waals surface area contributed by atoms with Gasteiger partial charge in [-0.1, -0.05) is 18.7 Å². The molecule has 8 heteroatoms. The van der Waals surface area contributed by atoms with E-state index in [2.05, 4.69) is 22.2 Å². The highest BCUT2D eigenvalue weighted by molar-refractivity contribution is 7.99. The van der Waals surface area contributed by atoms with Gasteiger partial charge >= 0.3 is 5.97 Å². The van der Waals surface area contributed by atoms with Crippen molar-refractivity contribution in [3.63, 3.8) is 0 Å². The molecule has 0 aromatic carbocycles. The van der Waals surface area contributed by atoms with Crippen molar-refractivity contribution in [3.05, 3.63) is 34.5 Å². The van der Waals surface area contributed by atoms with E-state index in [1.807, 2.05) is 0 Å². The van der Waals surface area contributed by atoms with Crippen molar-refractivity contribution in [3.8, 4) is 0 Å². The number of hydrogen-bond donors (Lipinski definition) is 1. The van der Waals surface area contributed by atoms with Gasteiger partial charge in [0.1, 0.15) is 5.00 Å². The van der Waals surface area contributed by atoms with Gasteiger partial charge < -0.3 is 10.1 Å². The summed E-state index contributed by atoms with van der Waals surface area (Å²) in [7, 11) is 0. The van der Waals surface area contributed by atoms with Crippen LogP contribution in [0.3, 0.4) is 0 Å². The number of anilines is 1. The van der Waals surface area contributed by atoms with Gasteiger partial charge in [-0.3, -0.25) is 4.79 Å². The van der Waals surface area contributed by atoms with Crippen LogP contribution in [0.15, 0.2) is 23.6 Å². The molecule has 0 bridgehead atoms. The molecule has 6 nitrogen and oxygen atoms in total. The summed E-state index contributed by atoms with van der Waals surface area (Å²) in [5, 5.41) is 4.04. The molecule has 1 N–H and O–H groups in total. The van der Waals surface area contributed by atoms with Crippen molar-refractivity contribution in [2.45, 2.75) is 38.3 Å². The third-order valence-electron chi connectivity index (χ3n) is 4.12. The summed E-state index contributed by atoms with van der Waals surface area (Å²) in [6.07, 6.45) is 6.12. The van der Waals surface area contributed by atoms with Gasteiger partial charge in [-0.05, 0) is 43.7 Å². The first-order valence-corrected chi connectivity index (χ1v) is 10.4. The van der Waals surface area contributed by atoms with Gasteiger partial charge in [0.15, 0.2) is 5.16 Å². The average Bonchev–Trinajstić information content (AvgIpc) is 2.98. The van der Waals surface area contributed by atoms with Crippen LogP contribution in [-0.2, 0) is 22.4 Å². The van der Waals surface area contributed by atoms with E-state index in [1.165, 1.54) is 28.0 Å². The molecule has 2 aromatic rings. The SMILES string of the molecule is CCOC(=O)c1c(NC(=O)CSc2ncccn2)sc2c1CCC(C)C2. The Morgan fingerprint density at radius 1 is 1.38 bits per heavy atom. The summed E-state index contributed by atoms with van der Waals surface area (Å²) in [5.74, 6) is 0.240. The van der Waals surface area contributed by atoms with Crippen LogP contribution in [0.5, 0.6) is 0 Å². The number of carbonyl (C=O) groups excluding carboxylic acids is 2. The zero-order chi connectivity index (χ0) is 18.5. The molecule has 1 unspecified atom stereocenters. The Kier molecular flexibility index (Phi) is 6.26. The number of esters is 1. The van der Waals surface area contributed by atoms with Crippen LogP contribution in [-0.4, -0.2) is 34.2 Å². The highest BCUT2D eigenvalue weighted by Gasteiger charge is 2.29. The van der Waals surface area contributed by atoms with Gasteiger partial charge in [0.25, 0.3) is 0 Å². The normalized spacial score (nSPS) is 16.0. The second-order valence-corrected chi connectivity index (χ2v) is 8.19. The lowest BCUT2D eigenvalue weighted by Crippen LogP contribution is -2.17. The maximum Gasteiger partial charge on any atom is 0.341 e. The lowest BCUT2D eigenvalue weighted by atomic mass is 9.88. The van der Waals surface area contributed by atoms with E-state index in [-0.39, 0.29) is 17.6 Å². The van der Waals surface area contributed by atoms with Gasteiger partial charge in [-0.2, -0.15) is 0 Å². The summed E-state index contributed by atoms with van der Waals surface area (Å²) in [6, 6.07) is 1.73. The van der Waals surface area contributed by atoms with Crippen molar-refractivity contribution in [2.75, 3.05) is 17.7 Å². The predicted octanol–water partition coefficient (Wildman–Crippen LogP) is 3.57. The Labute approximate surface area is 160 Å². The van der Waals surface area contributed by atoms with Crippen molar-refractivity contribution in [1.82, 2.24) is 9.97 Å². The minimum Gasteiger partial charge on any atom is -0.462 e. The van der Waals surface area contributed by atoms with E-state index in [0.717, 1.165) is 24.8 Å². The highest BCUT2D eigenvalue weighted by Crippen LogP contribution is 2.40. The fourth-order valence-corrected chi connectivity index (χ4v) is 4.93. The zero-order valence-corrected chi connectivity index (χ0v) is 16.4. The predicted molar refractivity (Wildman–Crippen MR) is 103 cm³/mol. The van der Waals surface area contributed by atoms with E-state index < -0.39 is 0 Å². The van der Waals surface area contributed by atoms with Gasteiger partial charge in [0.2, 0.25) is 5.91 Å². The molecule has 1 atom stereocenters. The molecule has 0 saturated carbocycles. The maximum atomic E-state index is 12.4. The monoisotopic (exact) mass is 391 g/mol. The lowest BCUT2D eigenvalue weighted by molar-refractivity contribution is -0.113. The molecule has 0 radical (unpaired) electrons. The molecular weight excluding hydrogens is 370 g/mol. The van der Waals surface area contributed by atoms with Gasteiger partial charge in [-0.15, -0.1) is 11.3 Å². The fraction of sp³-hybridized carbons (Fsp3) is 0.444. The quantitative estimate of drug-likeness (QED) is 0.461. The van der Waals surface area contributed by atoms with Crippen LogP contribution in [0.2, 0.25) is 0 Å². The van der Waals surface area contributed by atoms with Crippen LogP contribution in [0.25, 0.3) is 0 Å². The number of aromatic nitrogens is 2. The Bertz CT molecular complexity index is 792. The Morgan fingerprint density at radius 3 is 2.88 bits per heavy atom. The molecule has 1 aliphatic carbocycles. The minimum absolute atomic E-state index is 0.181. The number of fused-ring (bicyclic) bond motifs is 1. The molecule has 0 fully saturated rings. The number of nitrogens with zero attached hydrogens (tertiary/aromatic N) is 2. The molecule has 2 heterocycles. The molecule has 3 rings (SSSR count). The molecule has 0 saturated heterocycles. The number of ether oxygens (including phenoxy) is 1.